The molecule has 3 amide bonds. The fraction of sp³-hybridized carbons (Fsp3) is 0.545. The maximum absolute atomic E-state index is 12.7. The van der Waals surface area contributed by atoms with Crippen LogP contribution in [-0.4, -0.2) is 75.1 Å². The number of piperidine rings is 1. The number of carbonyl (C=O) groups is 2. The number of likely N-dealkylation sites (tertiary alicyclic amines) is 1. The highest BCUT2D eigenvalue weighted by Gasteiger charge is 2.31. The van der Waals surface area contributed by atoms with Gasteiger partial charge in [-0.15, -0.1) is 10.2 Å². The molecule has 0 radical (unpaired) electrons. The second kappa shape index (κ2) is 8.85. The lowest BCUT2D eigenvalue weighted by Crippen LogP contribution is -2.44. The van der Waals surface area contributed by atoms with E-state index in [-0.39, 0.29) is 11.9 Å². The molecular formula is C22H30N6O2. The lowest BCUT2D eigenvalue weighted by Gasteiger charge is -2.34. The van der Waals surface area contributed by atoms with Crippen LogP contribution in [0.5, 0.6) is 0 Å². The van der Waals surface area contributed by atoms with E-state index < -0.39 is 0 Å². The highest BCUT2D eigenvalue weighted by atomic mass is 16.2. The molecule has 0 aliphatic carbocycles. The Labute approximate surface area is 177 Å². The molecule has 30 heavy (non-hydrogen) atoms. The number of amides is 3. The van der Waals surface area contributed by atoms with E-state index in [0.29, 0.717) is 25.4 Å². The van der Waals surface area contributed by atoms with Crippen molar-refractivity contribution < 1.29 is 9.59 Å². The van der Waals surface area contributed by atoms with Crippen LogP contribution in [0.15, 0.2) is 30.3 Å². The first-order valence-corrected chi connectivity index (χ1v) is 10.7. The lowest BCUT2D eigenvalue weighted by molar-refractivity contribution is -0.132. The Morgan fingerprint density at radius 1 is 1.00 bits per heavy atom. The summed E-state index contributed by atoms with van der Waals surface area (Å²) in [7, 11) is 3.58. The third kappa shape index (κ3) is 4.32. The molecule has 1 fully saturated rings. The normalized spacial score (nSPS) is 17.0. The molecule has 2 aromatic rings. The van der Waals surface area contributed by atoms with Crippen molar-refractivity contribution in [3.63, 3.8) is 0 Å². The molecule has 0 saturated carbocycles. The van der Waals surface area contributed by atoms with Gasteiger partial charge in [-0.3, -0.25) is 4.79 Å². The SMILES string of the molecule is CN(C)C(=O)N1CCC(c2nnc3n2CCN(C(=O)CCc2ccccc2)C3)CC1. The maximum Gasteiger partial charge on any atom is 0.319 e. The second-order valence-electron chi connectivity index (χ2n) is 8.37. The zero-order chi connectivity index (χ0) is 21.1. The number of urea groups is 1. The fourth-order valence-electron chi connectivity index (χ4n) is 4.36. The number of aryl methyl sites for hydroxylation is 1. The number of hydrogen-bond acceptors (Lipinski definition) is 4. The Bertz CT molecular complexity index is 886. The average Bonchev–Trinajstić information content (AvgIpc) is 3.21. The number of benzene rings is 1. The number of carbonyl (C=O) groups excluding carboxylic acids is 2. The summed E-state index contributed by atoms with van der Waals surface area (Å²) in [4.78, 5) is 30.2. The van der Waals surface area contributed by atoms with Gasteiger partial charge in [0.05, 0.1) is 6.54 Å². The minimum atomic E-state index is 0.0707. The maximum atomic E-state index is 12.7. The summed E-state index contributed by atoms with van der Waals surface area (Å²) in [6.45, 7) is 3.45. The smallest absolute Gasteiger partial charge is 0.319 e. The number of fused-ring (bicyclic) bond motifs is 1. The van der Waals surface area contributed by atoms with Crippen molar-refractivity contribution in [1.82, 2.24) is 29.5 Å². The van der Waals surface area contributed by atoms with E-state index in [4.69, 9.17) is 0 Å². The van der Waals surface area contributed by atoms with Crippen LogP contribution in [0.25, 0.3) is 0 Å². The van der Waals surface area contributed by atoms with E-state index >= 15 is 0 Å². The summed E-state index contributed by atoms with van der Waals surface area (Å²) in [5, 5.41) is 8.87. The van der Waals surface area contributed by atoms with Crippen molar-refractivity contribution in [2.75, 3.05) is 33.7 Å². The van der Waals surface area contributed by atoms with Gasteiger partial charge in [0, 0.05) is 52.6 Å². The summed E-state index contributed by atoms with van der Waals surface area (Å²) < 4.78 is 2.19. The minimum Gasteiger partial charge on any atom is -0.333 e. The summed E-state index contributed by atoms with van der Waals surface area (Å²) >= 11 is 0. The molecule has 1 aromatic carbocycles. The van der Waals surface area contributed by atoms with Crippen LogP contribution in [0, 0.1) is 0 Å². The zero-order valence-corrected chi connectivity index (χ0v) is 17.8. The largest absolute Gasteiger partial charge is 0.333 e. The molecule has 160 valence electrons. The van der Waals surface area contributed by atoms with Crippen LogP contribution in [0.2, 0.25) is 0 Å². The van der Waals surface area contributed by atoms with Gasteiger partial charge in [0.1, 0.15) is 5.82 Å². The highest BCUT2D eigenvalue weighted by Crippen LogP contribution is 2.29. The first-order valence-electron chi connectivity index (χ1n) is 10.7. The van der Waals surface area contributed by atoms with Gasteiger partial charge in [-0.05, 0) is 24.8 Å². The van der Waals surface area contributed by atoms with Crippen LogP contribution in [0.3, 0.4) is 0 Å². The van der Waals surface area contributed by atoms with Gasteiger partial charge < -0.3 is 19.3 Å². The molecule has 0 spiro atoms. The summed E-state index contributed by atoms with van der Waals surface area (Å²) in [5.74, 6) is 2.37. The van der Waals surface area contributed by atoms with E-state index in [9.17, 15) is 9.59 Å². The topological polar surface area (TPSA) is 74.6 Å². The second-order valence-corrected chi connectivity index (χ2v) is 8.37. The lowest BCUT2D eigenvalue weighted by atomic mass is 9.96. The van der Waals surface area contributed by atoms with Crippen molar-refractivity contribution >= 4 is 11.9 Å². The molecule has 0 bridgehead atoms. The predicted octanol–water partition coefficient (Wildman–Crippen LogP) is 2.11. The molecule has 3 heterocycles. The highest BCUT2D eigenvalue weighted by molar-refractivity contribution is 5.76. The molecule has 1 saturated heterocycles. The summed E-state index contributed by atoms with van der Waals surface area (Å²) in [6.07, 6.45) is 3.08. The van der Waals surface area contributed by atoms with Gasteiger partial charge in [-0.25, -0.2) is 4.79 Å². The Morgan fingerprint density at radius 3 is 2.43 bits per heavy atom. The van der Waals surface area contributed by atoms with E-state index in [2.05, 4.69) is 26.9 Å². The van der Waals surface area contributed by atoms with Crippen molar-refractivity contribution in [3.8, 4) is 0 Å². The third-order valence-corrected chi connectivity index (χ3v) is 6.12. The average molecular weight is 411 g/mol. The summed E-state index contributed by atoms with van der Waals surface area (Å²) in [6, 6.07) is 10.2. The van der Waals surface area contributed by atoms with Crippen molar-refractivity contribution in [2.24, 2.45) is 0 Å². The van der Waals surface area contributed by atoms with Crippen molar-refractivity contribution in [1.29, 1.82) is 0 Å². The van der Waals surface area contributed by atoms with Gasteiger partial charge in [-0.1, -0.05) is 30.3 Å². The fourth-order valence-corrected chi connectivity index (χ4v) is 4.36. The Kier molecular flexibility index (Phi) is 6.01. The van der Waals surface area contributed by atoms with Gasteiger partial charge in [0.2, 0.25) is 5.91 Å². The van der Waals surface area contributed by atoms with Gasteiger partial charge in [0.15, 0.2) is 5.82 Å². The number of rotatable bonds is 4. The van der Waals surface area contributed by atoms with Crippen molar-refractivity contribution in [2.45, 2.75) is 44.7 Å². The Balaban J connectivity index is 1.33. The molecule has 0 N–H and O–H groups in total. The van der Waals surface area contributed by atoms with Gasteiger partial charge in [-0.2, -0.15) is 0 Å². The zero-order valence-electron chi connectivity index (χ0n) is 17.8. The van der Waals surface area contributed by atoms with Crippen LogP contribution in [0.1, 0.15) is 42.4 Å². The molecule has 0 atom stereocenters. The molecule has 8 heteroatoms. The molecule has 8 nitrogen and oxygen atoms in total. The molecule has 2 aliphatic heterocycles. The van der Waals surface area contributed by atoms with E-state index in [1.807, 2.05) is 28.0 Å². The van der Waals surface area contributed by atoms with E-state index in [1.165, 1.54) is 5.56 Å². The molecule has 0 unspecified atom stereocenters. The first-order chi connectivity index (χ1) is 14.5. The third-order valence-electron chi connectivity index (χ3n) is 6.12. The monoisotopic (exact) mass is 410 g/mol. The predicted molar refractivity (Wildman–Crippen MR) is 113 cm³/mol. The van der Waals surface area contributed by atoms with Crippen molar-refractivity contribution in [3.05, 3.63) is 47.5 Å². The van der Waals surface area contributed by atoms with Crippen LogP contribution < -0.4 is 0 Å². The quantitative estimate of drug-likeness (QED) is 0.774. The van der Waals surface area contributed by atoms with Crippen LogP contribution in [0.4, 0.5) is 4.79 Å². The van der Waals surface area contributed by atoms with Gasteiger partial charge >= 0.3 is 6.03 Å². The number of aromatic nitrogens is 3. The number of hydrogen-bond donors (Lipinski definition) is 0. The molecule has 1 aromatic heterocycles. The molecule has 2 aliphatic rings. The number of nitrogens with zero attached hydrogens (tertiary/aromatic N) is 6. The first kappa shape index (κ1) is 20.4. The van der Waals surface area contributed by atoms with E-state index in [0.717, 1.165) is 50.5 Å². The van der Waals surface area contributed by atoms with E-state index in [1.54, 1.807) is 19.0 Å². The minimum absolute atomic E-state index is 0.0707. The van der Waals surface area contributed by atoms with Crippen LogP contribution >= 0.6 is 0 Å². The van der Waals surface area contributed by atoms with Gasteiger partial charge in [0.25, 0.3) is 0 Å². The Hall–Kier alpha value is -2.90. The standard InChI is InChI=1S/C22H30N6O2/c1-25(2)22(30)26-12-10-18(11-13-26)21-24-23-19-16-27(14-15-28(19)21)20(29)9-8-17-6-4-3-5-7-17/h3-7,18H,8-16H2,1-2H3. The Morgan fingerprint density at radius 2 is 1.73 bits per heavy atom. The summed E-state index contributed by atoms with van der Waals surface area (Å²) in [5.41, 5.74) is 1.19. The van der Waals surface area contributed by atoms with Crippen LogP contribution in [-0.2, 0) is 24.3 Å². The molecular weight excluding hydrogens is 380 g/mol. The molecule has 4 rings (SSSR count).